The molecule has 1 aromatic carbocycles. The van der Waals surface area contributed by atoms with E-state index in [-0.39, 0.29) is 5.28 Å². The van der Waals surface area contributed by atoms with Gasteiger partial charge in [-0.3, -0.25) is 0 Å². The maximum atomic E-state index is 5.99. The topological polar surface area (TPSA) is 37.8 Å². The molecule has 0 saturated carbocycles. The lowest BCUT2D eigenvalue weighted by atomic mass is 10.3. The first-order valence-electron chi connectivity index (χ1n) is 5.68. The van der Waals surface area contributed by atoms with E-state index in [1.807, 2.05) is 13.0 Å². The van der Waals surface area contributed by atoms with Crippen LogP contribution < -0.4 is 5.32 Å². The van der Waals surface area contributed by atoms with Crippen molar-refractivity contribution in [3.63, 3.8) is 0 Å². The Morgan fingerprint density at radius 1 is 1.00 bits per heavy atom. The first-order chi connectivity index (χ1) is 9.51. The van der Waals surface area contributed by atoms with Gasteiger partial charge in [0.1, 0.15) is 10.6 Å². The molecule has 0 amide bonds. The van der Waals surface area contributed by atoms with Gasteiger partial charge < -0.3 is 5.32 Å². The second-order valence-electron chi connectivity index (χ2n) is 4.20. The van der Waals surface area contributed by atoms with Gasteiger partial charge in [0.15, 0.2) is 0 Å². The molecule has 0 fully saturated rings. The molecule has 7 heteroatoms. The van der Waals surface area contributed by atoms with Gasteiger partial charge in [0, 0.05) is 20.6 Å². The van der Waals surface area contributed by atoms with Crippen molar-refractivity contribution in [1.82, 2.24) is 9.97 Å². The average molecular weight is 345 g/mol. The molecule has 0 unspecified atom stereocenters. The van der Waals surface area contributed by atoms with E-state index in [1.54, 1.807) is 29.5 Å². The van der Waals surface area contributed by atoms with Crippen LogP contribution >= 0.6 is 46.1 Å². The molecule has 2 aromatic heterocycles. The maximum absolute atomic E-state index is 5.99. The van der Waals surface area contributed by atoms with Crippen molar-refractivity contribution >= 4 is 67.9 Å². The zero-order valence-electron chi connectivity index (χ0n) is 10.2. The van der Waals surface area contributed by atoms with Gasteiger partial charge in [-0.05, 0) is 42.8 Å². The number of nitrogens with zero attached hydrogens (tertiary/aromatic N) is 2. The molecule has 1 N–H and O–H groups in total. The van der Waals surface area contributed by atoms with Gasteiger partial charge in [0.2, 0.25) is 5.28 Å². The third kappa shape index (κ3) is 2.83. The number of aromatic nitrogens is 2. The molecule has 102 valence electrons. The normalized spacial score (nSPS) is 11.0. The Balaban J connectivity index is 2.09. The van der Waals surface area contributed by atoms with Crippen LogP contribution in [0, 0.1) is 6.92 Å². The Hall–Kier alpha value is -1.07. The van der Waals surface area contributed by atoms with Crippen LogP contribution in [0.2, 0.25) is 15.3 Å². The van der Waals surface area contributed by atoms with Crippen LogP contribution in [-0.4, -0.2) is 9.97 Å². The molecule has 0 aliphatic carbocycles. The van der Waals surface area contributed by atoms with Crippen molar-refractivity contribution in [3.05, 3.63) is 44.5 Å². The number of thiophene rings is 1. The van der Waals surface area contributed by atoms with Gasteiger partial charge in [-0.1, -0.05) is 23.2 Å². The predicted molar refractivity (Wildman–Crippen MR) is 86.9 cm³/mol. The van der Waals surface area contributed by atoms with Crippen LogP contribution in [0.25, 0.3) is 10.2 Å². The van der Waals surface area contributed by atoms with E-state index < -0.39 is 0 Å². The number of nitrogens with one attached hydrogen (secondary N) is 1. The Morgan fingerprint density at radius 3 is 2.40 bits per heavy atom. The summed E-state index contributed by atoms with van der Waals surface area (Å²) in [6, 6.07) is 7.24. The van der Waals surface area contributed by atoms with Gasteiger partial charge in [-0.15, -0.1) is 11.3 Å². The Kier molecular flexibility index (Phi) is 3.73. The number of aryl methyl sites for hydroxylation is 1. The highest BCUT2D eigenvalue weighted by atomic mass is 35.5. The lowest BCUT2D eigenvalue weighted by Gasteiger charge is -2.08. The SMILES string of the molecule is Cc1cc2c(Nc3cc(Cl)cc(Cl)c3)nc(Cl)nc2s1. The molecule has 3 nitrogen and oxygen atoms in total. The largest absolute Gasteiger partial charge is 0.339 e. The zero-order valence-corrected chi connectivity index (χ0v) is 13.3. The predicted octanol–water partition coefficient (Wildman–Crippen LogP) is 5.70. The third-order valence-electron chi connectivity index (χ3n) is 2.61. The molecular weight excluding hydrogens is 337 g/mol. The fraction of sp³-hybridized carbons (Fsp3) is 0.0769. The number of fused-ring (bicyclic) bond motifs is 1. The van der Waals surface area contributed by atoms with E-state index in [2.05, 4.69) is 15.3 Å². The highest BCUT2D eigenvalue weighted by Crippen LogP contribution is 2.32. The lowest BCUT2D eigenvalue weighted by molar-refractivity contribution is 1.23. The van der Waals surface area contributed by atoms with Crippen molar-refractivity contribution in [3.8, 4) is 0 Å². The van der Waals surface area contributed by atoms with Crippen molar-refractivity contribution < 1.29 is 0 Å². The highest BCUT2D eigenvalue weighted by molar-refractivity contribution is 7.18. The Bertz CT molecular complexity index is 781. The lowest BCUT2D eigenvalue weighted by Crippen LogP contribution is -1.96. The van der Waals surface area contributed by atoms with E-state index in [4.69, 9.17) is 34.8 Å². The van der Waals surface area contributed by atoms with Crippen LogP contribution in [0.15, 0.2) is 24.3 Å². The van der Waals surface area contributed by atoms with Gasteiger partial charge in [0.25, 0.3) is 0 Å². The van der Waals surface area contributed by atoms with Gasteiger partial charge in [-0.2, -0.15) is 4.98 Å². The van der Waals surface area contributed by atoms with Crippen molar-refractivity contribution in [2.75, 3.05) is 5.32 Å². The molecule has 0 radical (unpaired) electrons. The standard InChI is InChI=1S/C13H8Cl3N3S/c1-6-2-10-11(18-13(16)19-12(10)20-6)17-9-4-7(14)3-8(15)5-9/h2-5H,1H3,(H,17,18,19). The van der Waals surface area contributed by atoms with Gasteiger partial charge in [0.05, 0.1) is 5.39 Å². The number of anilines is 2. The molecule has 0 aliphatic rings. The molecule has 0 bridgehead atoms. The molecule has 2 heterocycles. The maximum Gasteiger partial charge on any atom is 0.225 e. The van der Waals surface area contributed by atoms with E-state index in [0.29, 0.717) is 15.9 Å². The van der Waals surface area contributed by atoms with Crippen molar-refractivity contribution in [1.29, 1.82) is 0 Å². The molecule has 0 saturated heterocycles. The molecule has 3 aromatic rings. The number of rotatable bonds is 2. The molecular formula is C13H8Cl3N3S. The van der Waals surface area contributed by atoms with E-state index in [0.717, 1.165) is 20.8 Å². The van der Waals surface area contributed by atoms with Gasteiger partial charge in [-0.25, -0.2) is 4.98 Å². The monoisotopic (exact) mass is 343 g/mol. The molecule has 0 spiro atoms. The summed E-state index contributed by atoms with van der Waals surface area (Å²) in [6.45, 7) is 2.01. The summed E-state index contributed by atoms with van der Waals surface area (Å²) in [4.78, 5) is 10.4. The van der Waals surface area contributed by atoms with Gasteiger partial charge >= 0.3 is 0 Å². The molecule has 20 heavy (non-hydrogen) atoms. The Labute approximate surface area is 134 Å². The number of benzene rings is 1. The Morgan fingerprint density at radius 2 is 1.70 bits per heavy atom. The number of hydrogen-bond acceptors (Lipinski definition) is 4. The number of hydrogen-bond donors (Lipinski definition) is 1. The van der Waals surface area contributed by atoms with E-state index in [9.17, 15) is 0 Å². The van der Waals surface area contributed by atoms with Crippen molar-refractivity contribution in [2.24, 2.45) is 0 Å². The first-order valence-corrected chi connectivity index (χ1v) is 7.63. The van der Waals surface area contributed by atoms with Crippen molar-refractivity contribution in [2.45, 2.75) is 6.92 Å². The summed E-state index contributed by atoms with van der Waals surface area (Å²) in [7, 11) is 0. The minimum Gasteiger partial charge on any atom is -0.339 e. The van der Waals surface area contributed by atoms with E-state index in [1.165, 1.54) is 0 Å². The zero-order chi connectivity index (χ0) is 14.3. The average Bonchev–Trinajstić information content (AvgIpc) is 2.68. The van der Waals surface area contributed by atoms with E-state index >= 15 is 0 Å². The summed E-state index contributed by atoms with van der Waals surface area (Å²) in [6.07, 6.45) is 0. The van der Waals surface area contributed by atoms with Crippen LogP contribution in [0.5, 0.6) is 0 Å². The second-order valence-corrected chi connectivity index (χ2v) is 6.65. The quantitative estimate of drug-likeness (QED) is 0.606. The summed E-state index contributed by atoms with van der Waals surface area (Å²) in [5.74, 6) is 0.641. The van der Waals surface area contributed by atoms with Crippen LogP contribution in [0.1, 0.15) is 4.88 Å². The molecule has 3 rings (SSSR count). The summed E-state index contributed by atoms with van der Waals surface area (Å²) >= 11 is 19.5. The smallest absolute Gasteiger partial charge is 0.225 e. The second kappa shape index (κ2) is 5.37. The summed E-state index contributed by atoms with van der Waals surface area (Å²) in [5.41, 5.74) is 0.752. The minimum absolute atomic E-state index is 0.204. The first kappa shape index (κ1) is 13.9. The fourth-order valence-corrected chi connectivity index (χ4v) is 3.50. The molecule has 0 aliphatic heterocycles. The van der Waals surface area contributed by atoms with Crippen LogP contribution in [0.3, 0.4) is 0 Å². The van der Waals surface area contributed by atoms with Crippen LogP contribution in [0.4, 0.5) is 11.5 Å². The fourth-order valence-electron chi connectivity index (χ4n) is 1.87. The summed E-state index contributed by atoms with van der Waals surface area (Å²) < 4.78 is 0. The minimum atomic E-state index is 0.204. The van der Waals surface area contributed by atoms with Crippen LogP contribution in [-0.2, 0) is 0 Å². The summed E-state index contributed by atoms with van der Waals surface area (Å²) in [5, 5.41) is 5.42. The number of halogens is 3. The third-order valence-corrected chi connectivity index (χ3v) is 4.16. The highest BCUT2D eigenvalue weighted by Gasteiger charge is 2.10. The molecule has 0 atom stereocenters.